The molecule has 0 aliphatic heterocycles. The summed E-state index contributed by atoms with van der Waals surface area (Å²) < 4.78 is 10.6. The fourth-order valence-electron chi connectivity index (χ4n) is 5.68. The molecule has 228 valence electrons. The predicted molar refractivity (Wildman–Crippen MR) is 175 cm³/mol. The Labute approximate surface area is 258 Å². The van der Waals surface area contributed by atoms with Crippen LogP contribution in [0.2, 0.25) is 0 Å². The molecule has 4 aromatic carbocycles. The monoisotopic (exact) mass is 592 g/mol. The maximum atomic E-state index is 13.9. The first-order chi connectivity index (χ1) is 21.5. The second kappa shape index (κ2) is 14.7. The average Bonchev–Trinajstić information content (AvgIpc) is 3.47. The lowest BCUT2D eigenvalue weighted by Crippen LogP contribution is -2.49. The fourth-order valence-corrected chi connectivity index (χ4v) is 5.68. The predicted octanol–water partition coefficient (Wildman–Crippen LogP) is 4.86. The first-order valence-corrected chi connectivity index (χ1v) is 14.9. The summed E-state index contributed by atoms with van der Waals surface area (Å²) in [5, 5.41) is 10.2. The number of aromatic nitrogens is 1. The Morgan fingerprint density at radius 3 is 2.30 bits per heavy atom. The molecule has 5 aromatic rings. The number of nitrogens with one attached hydrogen (secondary N) is 3. The zero-order valence-electron chi connectivity index (χ0n) is 25.5. The van der Waals surface area contributed by atoms with E-state index in [1.165, 1.54) is 7.11 Å². The van der Waals surface area contributed by atoms with Gasteiger partial charge in [0.05, 0.1) is 20.3 Å². The van der Waals surface area contributed by atoms with Gasteiger partial charge in [0.1, 0.15) is 11.8 Å². The van der Waals surface area contributed by atoms with Gasteiger partial charge in [0.15, 0.2) is 0 Å². The molecule has 0 saturated carbocycles. The highest BCUT2D eigenvalue weighted by Crippen LogP contribution is 2.21. The Kier molecular flexibility index (Phi) is 10.3. The van der Waals surface area contributed by atoms with Crippen LogP contribution in [0.25, 0.3) is 21.7 Å². The molecule has 0 spiro atoms. The summed E-state index contributed by atoms with van der Waals surface area (Å²) >= 11 is 0. The number of para-hydroxylation sites is 2. The molecule has 0 radical (unpaired) electrons. The highest BCUT2D eigenvalue weighted by Gasteiger charge is 2.24. The van der Waals surface area contributed by atoms with Crippen molar-refractivity contribution in [2.24, 2.45) is 0 Å². The number of hydrogen-bond acceptors (Lipinski definition) is 6. The topological polar surface area (TPSA) is 95.7 Å². The Morgan fingerprint density at radius 1 is 0.795 bits per heavy atom. The van der Waals surface area contributed by atoms with Crippen LogP contribution >= 0.6 is 0 Å². The van der Waals surface area contributed by atoms with Gasteiger partial charge in [-0.1, -0.05) is 78.9 Å². The van der Waals surface area contributed by atoms with Crippen LogP contribution in [-0.4, -0.2) is 68.2 Å². The number of nitrogens with zero attached hydrogens (tertiary/aromatic N) is 1. The number of likely N-dealkylation sites (N-methyl/N-ethyl adjacent to an activating group) is 1. The van der Waals surface area contributed by atoms with Crippen LogP contribution < -0.4 is 15.4 Å². The SMILES string of the molecule is COC(=O)[C@H](Cc1c[nH]c2ccccc12)NCCN[C@@H](Cc1ccc2ccccc2c1)C(=O)N(C)Cc1ccccc1OC. The Bertz CT molecular complexity index is 1720. The molecule has 2 atom stereocenters. The van der Waals surface area contributed by atoms with Crippen molar-refractivity contribution in [2.75, 3.05) is 34.4 Å². The largest absolute Gasteiger partial charge is 0.496 e. The van der Waals surface area contributed by atoms with Crippen LogP contribution in [0.5, 0.6) is 5.75 Å². The van der Waals surface area contributed by atoms with E-state index in [1.807, 2.05) is 73.9 Å². The molecule has 0 aliphatic rings. The molecule has 1 amide bonds. The molecule has 44 heavy (non-hydrogen) atoms. The number of esters is 1. The van der Waals surface area contributed by atoms with Gasteiger partial charge in [-0.3, -0.25) is 9.59 Å². The quantitative estimate of drug-likeness (QED) is 0.126. The molecule has 0 bridgehead atoms. The van der Waals surface area contributed by atoms with Crippen molar-refractivity contribution in [3.05, 3.63) is 114 Å². The molecule has 1 heterocycles. The van der Waals surface area contributed by atoms with Crippen LogP contribution in [0.3, 0.4) is 0 Å². The van der Waals surface area contributed by atoms with E-state index in [2.05, 4.69) is 45.9 Å². The lowest BCUT2D eigenvalue weighted by molar-refractivity contribution is -0.143. The molecule has 0 aliphatic carbocycles. The van der Waals surface area contributed by atoms with Gasteiger partial charge in [-0.15, -0.1) is 0 Å². The van der Waals surface area contributed by atoms with Crippen molar-refractivity contribution in [1.82, 2.24) is 20.5 Å². The minimum Gasteiger partial charge on any atom is -0.496 e. The molecule has 0 fully saturated rings. The van der Waals surface area contributed by atoms with E-state index in [1.54, 1.807) is 12.0 Å². The van der Waals surface area contributed by atoms with E-state index in [4.69, 9.17) is 9.47 Å². The molecule has 8 nitrogen and oxygen atoms in total. The fraction of sp³-hybridized carbons (Fsp3) is 0.278. The smallest absolute Gasteiger partial charge is 0.323 e. The minimum atomic E-state index is -0.524. The number of methoxy groups -OCH3 is 2. The molecule has 1 aromatic heterocycles. The van der Waals surface area contributed by atoms with Crippen molar-refractivity contribution >= 4 is 33.6 Å². The molecule has 3 N–H and O–H groups in total. The normalized spacial score (nSPS) is 12.6. The maximum Gasteiger partial charge on any atom is 0.323 e. The van der Waals surface area contributed by atoms with E-state index in [-0.39, 0.29) is 11.9 Å². The lowest BCUT2D eigenvalue weighted by Gasteiger charge is -2.26. The first kappa shape index (κ1) is 30.8. The van der Waals surface area contributed by atoms with E-state index in [0.717, 1.165) is 44.1 Å². The van der Waals surface area contributed by atoms with Crippen LogP contribution in [0, 0.1) is 0 Å². The summed E-state index contributed by atoms with van der Waals surface area (Å²) in [6.45, 7) is 1.37. The van der Waals surface area contributed by atoms with Crippen LogP contribution in [0.15, 0.2) is 97.2 Å². The van der Waals surface area contributed by atoms with E-state index in [0.29, 0.717) is 32.5 Å². The summed E-state index contributed by atoms with van der Waals surface area (Å²) in [6.07, 6.45) is 2.95. The number of ether oxygens (including phenoxy) is 2. The standard InChI is InChI=1S/C36H40N4O4/c1-40(24-28-12-6-9-15-34(28)43-2)35(41)32(21-25-16-17-26-10-4-5-11-27(26)20-25)37-18-19-38-33(36(42)44-3)22-29-23-39-31-14-8-7-13-30(29)31/h4-17,20,23,32-33,37-39H,18-19,21-22,24H2,1-3H3/t32-,33-/m0/s1. The second-order valence-corrected chi connectivity index (χ2v) is 11.0. The zero-order valence-corrected chi connectivity index (χ0v) is 25.5. The van der Waals surface area contributed by atoms with E-state index < -0.39 is 12.1 Å². The Hall–Kier alpha value is -4.66. The number of benzene rings is 4. The number of hydrogen-bond donors (Lipinski definition) is 3. The number of rotatable bonds is 14. The van der Waals surface area contributed by atoms with Crippen LogP contribution in [0.4, 0.5) is 0 Å². The van der Waals surface area contributed by atoms with Gasteiger partial charge in [0, 0.05) is 55.8 Å². The zero-order chi connectivity index (χ0) is 30.9. The van der Waals surface area contributed by atoms with Crippen molar-refractivity contribution in [3.63, 3.8) is 0 Å². The Morgan fingerprint density at radius 2 is 1.50 bits per heavy atom. The Balaban J connectivity index is 1.27. The third-order valence-electron chi connectivity index (χ3n) is 8.02. The van der Waals surface area contributed by atoms with Gasteiger partial charge in [-0.2, -0.15) is 0 Å². The highest BCUT2D eigenvalue weighted by molar-refractivity contribution is 5.85. The van der Waals surface area contributed by atoms with Gasteiger partial charge < -0.3 is 30.0 Å². The molecule has 0 unspecified atom stereocenters. The number of H-pyrrole nitrogens is 1. The van der Waals surface area contributed by atoms with Gasteiger partial charge >= 0.3 is 5.97 Å². The summed E-state index contributed by atoms with van der Waals surface area (Å²) in [6, 6.07) is 29.3. The lowest BCUT2D eigenvalue weighted by atomic mass is 10.0. The molecule has 5 rings (SSSR count). The number of amides is 1. The molecule has 0 saturated heterocycles. The number of aromatic amines is 1. The summed E-state index contributed by atoms with van der Waals surface area (Å²) in [7, 11) is 4.86. The van der Waals surface area contributed by atoms with Crippen molar-refractivity contribution < 1.29 is 19.1 Å². The van der Waals surface area contributed by atoms with Crippen LogP contribution in [0.1, 0.15) is 16.7 Å². The second-order valence-electron chi connectivity index (χ2n) is 11.0. The first-order valence-electron chi connectivity index (χ1n) is 14.9. The van der Waals surface area contributed by atoms with Gasteiger partial charge in [0.2, 0.25) is 5.91 Å². The van der Waals surface area contributed by atoms with E-state index in [9.17, 15) is 9.59 Å². The highest BCUT2D eigenvalue weighted by atomic mass is 16.5. The van der Waals surface area contributed by atoms with E-state index >= 15 is 0 Å². The van der Waals surface area contributed by atoms with Crippen molar-refractivity contribution in [1.29, 1.82) is 0 Å². The summed E-state index contributed by atoms with van der Waals surface area (Å²) in [4.78, 5) is 31.6. The molecule has 8 heteroatoms. The number of carbonyl (C=O) groups is 2. The summed E-state index contributed by atoms with van der Waals surface area (Å²) in [5.41, 5.74) is 4.08. The molecular weight excluding hydrogens is 552 g/mol. The third kappa shape index (κ3) is 7.45. The van der Waals surface area contributed by atoms with Gasteiger partial charge in [0.25, 0.3) is 0 Å². The average molecular weight is 593 g/mol. The summed E-state index contributed by atoms with van der Waals surface area (Å²) in [5.74, 6) is 0.405. The molecular formula is C36H40N4O4. The van der Waals surface area contributed by atoms with Crippen LogP contribution in [-0.2, 0) is 33.7 Å². The third-order valence-corrected chi connectivity index (χ3v) is 8.02. The minimum absolute atomic E-state index is 0.0209. The number of fused-ring (bicyclic) bond motifs is 2. The van der Waals surface area contributed by atoms with Crippen molar-refractivity contribution in [3.8, 4) is 5.75 Å². The van der Waals surface area contributed by atoms with Gasteiger partial charge in [-0.05, 0) is 40.5 Å². The maximum absolute atomic E-state index is 13.9. The van der Waals surface area contributed by atoms with Crippen molar-refractivity contribution in [2.45, 2.75) is 31.5 Å². The van der Waals surface area contributed by atoms with Gasteiger partial charge in [-0.25, -0.2) is 0 Å². The number of carbonyl (C=O) groups excluding carboxylic acids is 2.